The number of methoxy groups -OCH3 is 1. The highest BCUT2D eigenvalue weighted by molar-refractivity contribution is 5.92. The maximum Gasteiger partial charge on any atom is 0.334 e. The quantitative estimate of drug-likeness (QED) is 0.841. The molecule has 1 saturated heterocycles. The molecule has 3 rings (SSSR count). The predicted molar refractivity (Wildman–Crippen MR) is 93.3 cm³/mol. The van der Waals surface area contributed by atoms with E-state index in [1.54, 1.807) is 11.0 Å². The number of hydrogen-bond acceptors (Lipinski definition) is 6. The van der Waals surface area contributed by atoms with Crippen molar-refractivity contribution in [2.45, 2.75) is 25.9 Å². The van der Waals surface area contributed by atoms with E-state index >= 15 is 0 Å². The molecule has 7 heteroatoms. The number of aromatic nitrogens is 1. The maximum atomic E-state index is 12.6. The zero-order valence-corrected chi connectivity index (χ0v) is 14.8. The van der Waals surface area contributed by atoms with Gasteiger partial charge in [-0.3, -0.25) is 4.79 Å². The molecule has 26 heavy (non-hydrogen) atoms. The molecule has 0 saturated carbocycles. The number of ether oxygens (including phenoxy) is 1. The second kappa shape index (κ2) is 7.70. The van der Waals surface area contributed by atoms with Crippen LogP contribution in [0.4, 0.5) is 0 Å². The largest absolute Gasteiger partial charge is 0.467 e. The molecule has 1 aliphatic rings. The number of hydrogen-bond donors (Lipinski definition) is 1. The van der Waals surface area contributed by atoms with Gasteiger partial charge in [-0.1, -0.05) is 35.0 Å². The third kappa shape index (κ3) is 3.77. The zero-order chi connectivity index (χ0) is 18.7. The fourth-order valence-electron chi connectivity index (χ4n) is 3.12. The maximum absolute atomic E-state index is 12.6. The van der Waals surface area contributed by atoms with Gasteiger partial charge in [-0.2, -0.15) is 0 Å². The topological polar surface area (TPSA) is 92.9 Å². The van der Waals surface area contributed by atoms with Crippen LogP contribution in [0, 0.1) is 12.8 Å². The van der Waals surface area contributed by atoms with Crippen LogP contribution in [0.15, 0.2) is 34.9 Å². The van der Waals surface area contributed by atoms with E-state index in [0.717, 1.165) is 11.1 Å². The van der Waals surface area contributed by atoms with Gasteiger partial charge in [-0.25, -0.2) is 4.79 Å². The first-order valence-electron chi connectivity index (χ1n) is 8.58. The lowest BCUT2D eigenvalue weighted by molar-refractivity contribution is -0.154. The Kier molecular flexibility index (Phi) is 5.37. The summed E-state index contributed by atoms with van der Waals surface area (Å²) in [6.45, 7) is 2.89. The molecule has 1 atom stereocenters. The molecule has 1 amide bonds. The summed E-state index contributed by atoms with van der Waals surface area (Å²) in [4.78, 5) is 25.7. The standard InChI is InChI=1S/C19H22N2O5/c1-12-3-5-13(6-4-12)15-11-16(26-20-15)18(23)21-9-7-14(8-10-21)17(22)19(24)25-2/h3-6,11,14,17,22H,7-10H2,1-2H3/t17-/m0/s1. The number of rotatable bonds is 4. The molecule has 1 aromatic carbocycles. The monoisotopic (exact) mass is 358 g/mol. The summed E-state index contributed by atoms with van der Waals surface area (Å²) in [6, 6.07) is 9.45. The smallest absolute Gasteiger partial charge is 0.334 e. The molecule has 1 aromatic heterocycles. The number of esters is 1. The highest BCUT2D eigenvalue weighted by Crippen LogP contribution is 2.24. The number of benzene rings is 1. The van der Waals surface area contributed by atoms with Crippen LogP contribution < -0.4 is 0 Å². The lowest BCUT2D eigenvalue weighted by Gasteiger charge is -2.32. The van der Waals surface area contributed by atoms with E-state index in [2.05, 4.69) is 9.89 Å². The van der Waals surface area contributed by atoms with Crippen LogP contribution >= 0.6 is 0 Å². The van der Waals surface area contributed by atoms with E-state index in [4.69, 9.17) is 4.52 Å². The molecule has 0 bridgehead atoms. The Morgan fingerprint density at radius 1 is 1.27 bits per heavy atom. The number of aryl methyl sites for hydroxylation is 1. The molecule has 0 radical (unpaired) electrons. The summed E-state index contributed by atoms with van der Waals surface area (Å²) in [6.07, 6.45) is -0.0854. The number of likely N-dealkylation sites (tertiary alicyclic amines) is 1. The number of carbonyl (C=O) groups excluding carboxylic acids is 2. The Bertz CT molecular complexity index is 775. The molecule has 1 fully saturated rings. The second-order valence-corrected chi connectivity index (χ2v) is 6.54. The van der Waals surface area contributed by atoms with Gasteiger partial charge < -0.3 is 19.3 Å². The van der Waals surface area contributed by atoms with Crippen molar-refractivity contribution in [3.63, 3.8) is 0 Å². The summed E-state index contributed by atoms with van der Waals surface area (Å²) in [5, 5.41) is 13.9. The first-order chi connectivity index (χ1) is 12.5. The fourth-order valence-corrected chi connectivity index (χ4v) is 3.12. The lowest BCUT2D eigenvalue weighted by Crippen LogP contribution is -2.43. The Hall–Kier alpha value is -2.67. The van der Waals surface area contributed by atoms with Gasteiger partial charge in [0.05, 0.1) is 7.11 Å². The van der Waals surface area contributed by atoms with Crippen molar-refractivity contribution < 1.29 is 24.0 Å². The van der Waals surface area contributed by atoms with E-state index in [9.17, 15) is 14.7 Å². The summed E-state index contributed by atoms with van der Waals surface area (Å²) < 4.78 is 9.80. The third-order valence-corrected chi connectivity index (χ3v) is 4.78. The zero-order valence-electron chi connectivity index (χ0n) is 14.8. The van der Waals surface area contributed by atoms with Crippen molar-refractivity contribution in [1.29, 1.82) is 0 Å². The molecule has 0 unspecified atom stereocenters. The summed E-state index contributed by atoms with van der Waals surface area (Å²) in [7, 11) is 1.25. The van der Waals surface area contributed by atoms with Crippen molar-refractivity contribution in [1.82, 2.24) is 10.1 Å². The first kappa shape index (κ1) is 18.1. The van der Waals surface area contributed by atoms with Gasteiger partial charge in [-0.05, 0) is 25.7 Å². The Morgan fingerprint density at radius 3 is 2.54 bits per heavy atom. The molecule has 2 heterocycles. The average molecular weight is 358 g/mol. The minimum absolute atomic E-state index is 0.188. The molecule has 0 aliphatic carbocycles. The van der Waals surface area contributed by atoms with Gasteiger partial charge in [0.2, 0.25) is 5.76 Å². The van der Waals surface area contributed by atoms with Gasteiger partial charge in [0.25, 0.3) is 5.91 Å². The number of amides is 1. The lowest BCUT2D eigenvalue weighted by atomic mass is 9.91. The van der Waals surface area contributed by atoms with E-state index in [-0.39, 0.29) is 17.6 Å². The number of carbonyl (C=O) groups is 2. The van der Waals surface area contributed by atoms with Crippen molar-refractivity contribution in [3.05, 3.63) is 41.7 Å². The first-order valence-corrected chi connectivity index (χ1v) is 8.58. The summed E-state index contributed by atoms with van der Waals surface area (Å²) in [5.41, 5.74) is 2.65. The molecular formula is C19H22N2O5. The number of piperidine rings is 1. The van der Waals surface area contributed by atoms with Gasteiger partial charge in [0.15, 0.2) is 6.10 Å². The minimum Gasteiger partial charge on any atom is -0.467 e. The van der Waals surface area contributed by atoms with Crippen molar-refractivity contribution in [2.75, 3.05) is 20.2 Å². The van der Waals surface area contributed by atoms with Crippen LogP contribution in [-0.4, -0.2) is 53.3 Å². The van der Waals surface area contributed by atoms with Gasteiger partial charge >= 0.3 is 5.97 Å². The van der Waals surface area contributed by atoms with Crippen LogP contribution in [0.3, 0.4) is 0 Å². The average Bonchev–Trinajstić information content (AvgIpc) is 3.17. The van der Waals surface area contributed by atoms with E-state index in [0.29, 0.717) is 31.6 Å². The van der Waals surface area contributed by atoms with E-state index < -0.39 is 12.1 Å². The molecule has 7 nitrogen and oxygen atoms in total. The molecule has 1 N–H and O–H groups in total. The third-order valence-electron chi connectivity index (χ3n) is 4.78. The van der Waals surface area contributed by atoms with Crippen LogP contribution in [0.5, 0.6) is 0 Å². The highest BCUT2D eigenvalue weighted by atomic mass is 16.5. The number of aliphatic hydroxyl groups excluding tert-OH is 1. The summed E-state index contributed by atoms with van der Waals surface area (Å²) in [5.74, 6) is -0.883. The van der Waals surface area contributed by atoms with Crippen LogP contribution in [0.1, 0.15) is 29.0 Å². The van der Waals surface area contributed by atoms with Crippen LogP contribution in [0.2, 0.25) is 0 Å². The highest BCUT2D eigenvalue weighted by Gasteiger charge is 2.33. The second-order valence-electron chi connectivity index (χ2n) is 6.54. The number of nitrogens with zero attached hydrogens (tertiary/aromatic N) is 2. The molecule has 0 spiro atoms. The van der Waals surface area contributed by atoms with Crippen molar-refractivity contribution >= 4 is 11.9 Å². The minimum atomic E-state index is -1.14. The van der Waals surface area contributed by atoms with Crippen LogP contribution in [-0.2, 0) is 9.53 Å². The number of aliphatic hydroxyl groups is 1. The normalized spacial score (nSPS) is 16.3. The Labute approximate surface area is 151 Å². The SMILES string of the molecule is COC(=O)[C@@H](O)C1CCN(C(=O)c2cc(-c3ccc(C)cc3)no2)CC1. The molecule has 1 aliphatic heterocycles. The molecule has 138 valence electrons. The van der Waals surface area contributed by atoms with E-state index in [1.165, 1.54) is 7.11 Å². The van der Waals surface area contributed by atoms with Crippen molar-refractivity contribution in [3.8, 4) is 11.3 Å². The predicted octanol–water partition coefficient (Wildman–Crippen LogP) is 2.04. The summed E-state index contributed by atoms with van der Waals surface area (Å²) >= 11 is 0. The Balaban J connectivity index is 1.62. The fraction of sp³-hybridized carbons (Fsp3) is 0.421. The van der Waals surface area contributed by atoms with E-state index in [1.807, 2.05) is 31.2 Å². The van der Waals surface area contributed by atoms with Gasteiger partial charge in [-0.15, -0.1) is 0 Å². The molecule has 2 aromatic rings. The van der Waals surface area contributed by atoms with Gasteiger partial charge in [0.1, 0.15) is 5.69 Å². The van der Waals surface area contributed by atoms with Gasteiger partial charge in [0, 0.05) is 24.7 Å². The van der Waals surface area contributed by atoms with Crippen molar-refractivity contribution in [2.24, 2.45) is 5.92 Å². The van der Waals surface area contributed by atoms with Crippen LogP contribution in [0.25, 0.3) is 11.3 Å². The Morgan fingerprint density at radius 2 is 1.92 bits per heavy atom. The molecular weight excluding hydrogens is 336 g/mol.